The molecule has 0 aromatic rings. The molecule has 0 atom stereocenters. The second-order valence-electron chi connectivity index (χ2n) is 5.59. The first-order chi connectivity index (χ1) is 9.57. The fourth-order valence-corrected chi connectivity index (χ4v) is 4.47. The predicted molar refractivity (Wildman–Crippen MR) is 83.4 cm³/mol. The van der Waals surface area contributed by atoms with E-state index in [1.54, 1.807) is 23.5 Å². The highest BCUT2D eigenvalue weighted by molar-refractivity contribution is 8.04. The van der Waals surface area contributed by atoms with Crippen molar-refractivity contribution < 1.29 is 9.59 Å². The van der Waals surface area contributed by atoms with Crippen LogP contribution in [0.4, 0.5) is 0 Å². The average molecular weight is 310 g/mol. The Balaban J connectivity index is 1.53. The van der Waals surface area contributed by atoms with E-state index in [4.69, 9.17) is 0 Å². The molecule has 3 rings (SSSR count). The molecule has 0 saturated carbocycles. The maximum Gasteiger partial charge on any atom is 0.260 e. The number of likely N-dealkylation sites (tertiary alicyclic amines) is 1. The summed E-state index contributed by atoms with van der Waals surface area (Å²) in [5.41, 5.74) is -0.277. The molecule has 3 heterocycles. The number of carbonyl (C=O) groups excluding carboxylic acids is 2. The molecule has 6 heteroatoms. The number of hydrogen-bond donors (Lipinski definition) is 1. The number of thioether (sulfide) groups is 2. The van der Waals surface area contributed by atoms with Crippen LogP contribution in [0.25, 0.3) is 0 Å². The number of nitrogens with zero attached hydrogens (tertiary/aromatic N) is 1. The third-order valence-electron chi connectivity index (χ3n) is 3.63. The van der Waals surface area contributed by atoms with Crippen molar-refractivity contribution in [3.63, 3.8) is 0 Å². The molecule has 1 saturated heterocycles. The monoisotopic (exact) mass is 310 g/mol. The SMILES string of the molecule is CC1(NC(=O)C2=CCCS2)CN(C(=O)C2=CCCS2)C1. The highest BCUT2D eigenvalue weighted by Gasteiger charge is 2.43. The molecule has 20 heavy (non-hydrogen) atoms. The van der Waals surface area contributed by atoms with Crippen LogP contribution in [0.3, 0.4) is 0 Å². The zero-order valence-corrected chi connectivity index (χ0v) is 13.1. The second-order valence-corrected chi connectivity index (χ2v) is 7.86. The summed E-state index contributed by atoms with van der Waals surface area (Å²) in [5.74, 6) is 2.13. The lowest BCUT2D eigenvalue weighted by atomic mass is 9.92. The summed E-state index contributed by atoms with van der Waals surface area (Å²) in [7, 11) is 0. The van der Waals surface area contributed by atoms with Crippen molar-refractivity contribution in [1.82, 2.24) is 10.2 Å². The molecule has 1 N–H and O–H groups in total. The van der Waals surface area contributed by atoms with Crippen molar-refractivity contribution in [3.8, 4) is 0 Å². The van der Waals surface area contributed by atoms with Crippen LogP contribution in [0.5, 0.6) is 0 Å². The third kappa shape index (κ3) is 2.76. The lowest BCUT2D eigenvalue weighted by Gasteiger charge is -2.48. The van der Waals surface area contributed by atoms with Gasteiger partial charge in [-0.25, -0.2) is 0 Å². The fourth-order valence-electron chi connectivity index (χ4n) is 2.65. The van der Waals surface area contributed by atoms with Crippen LogP contribution in [0.1, 0.15) is 19.8 Å². The minimum absolute atomic E-state index is 0.0107. The Hall–Kier alpha value is -0.880. The standard InChI is InChI=1S/C14H18N2O2S2/c1-14(15-12(17)10-4-2-6-19-10)8-16(9-14)13(18)11-5-3-7-20-11/h4-5H,2-3,6-9H2,1H3,(H,15,17). The summed E-state index contributed by atoms with van der Waals surface area (Å²) < 4.78 is 0. The summed E-state index contributed by atoms with van der Waals surface area (Å²) in [4.78, 5) is 27.7. The van der Waals surface area contributed by atoms with Gasteiger partial charge >= 0.3 is 0 Å². The minimum atomic E-state index is -0.277. The number of allylic oxidation sites excluding steroid dienone is 2. The van der Waals surface area contributed by atoms with E-state index in [2.05, 4.69) is 5.32 Å². The maximum atomic E-state index is 12.2. The van der Waals surface area contributed by atoms with E-state index < -0.39 is 0 Å². The molecule has 0 radical (unpaired) electrons. The van der Waals surface area contributed by atoms with Gasteiger partial charge in [0.15, 0.2) is 0 Å². The van der Waals surface area contributed by atoms with E-state index in [1.165, 1.54) is 0 Å². The van der Waals surface area contributed by atoms with E-state index in [1.807, 2.05) is 24.0 Å². The summed E-state index contributed by atoms with van der Waals surface area (Å²) in [6.07, 6.45) is 5.96. The zero-order chi connectivity index (χ0) is 14.2. The first kappa shape index (κ1) is 14.1. The topological polar surface area (TPSA) is 49.4 Å². The van der Waals surface area contributed by atoms with Crippen LogP contribution >= 0.6 is 23.5 Å². The van der Waals surface area contributed by atoms with Gasteiger partial charge in [-0.2, -0.15) is 0 Å². The largest absolute Gasteiger partial charge is 0.343 e. The highest BCUT2D eigenvalue weighted by Crippen LogP contribution is 2.31. The molecular formula is C14H18N2O2S2. The molecular weight excluding hydrogens is 292 g/mol. The molecule has 1 fully saturated rings. The Kier molecular flexibility index (Phi) is 3.86. The van der Waals surface area contributed by atoms with Gasteiger partial charge in [0.2, 0.25) is 0 Å². The van der Waals surface area contributed by atoms with Gasteiger partial charge in [0.25, 0.3) is 11.8 Å². The summed E-state index contributed by atoms with van der Waals surface area (Å²) in [6, 6.07) is 0. The Morgan fingerprint density at radius 3 is 2.30 bits per heavy atom. The Morgan fingerprint density at radius 1 is 1.15 bits per heavy atom. The molecule has 0 spiro atoms. The van der Waals surface area contributed by atoms with Gasteiger partial charge < -0.3 is 10.2 Å². The van der Waals surface area contributed by atoms with Gasteiger partial charge in [-0.3, -0.25) is 9.59 Å². The molecule has 3 aliphatic rings. The Labute approximate surface area is 127 Å². The van der Waals surface area contributed by atoms with E-state index in [-0.39, 0.29) is 17.4 Å². The number of nitrogens with one attached hydrogen (secondary N) is 1. The molecule has 0 aromatic carbocycles. The number of rotatable bonds is 3. The minimum Gasteiger partial charge on any atom is -0.343 e. The van der Waals surface area contributed by atoms with Gasteiger partial charge in [0, 0.05) is 24.6 Å². The number of carbonyl (C=O) groups is 2. The van der Waals surface area contributed by atoms with Crippen LogP contribution in [-0.2, 0) is 9.59 Å². The molecule has 3 aliphatic heterocycles. The maximum absolute atomic E-state index is 12.2. The molecule has 4 nitrogen and oxygen atoms in total. The lowest BCUT2D eigenvalue weighted by Crippen LogP contribution is -2.69. The van der Waals surface area contributed by atoms with Crippen molar-refractivity contribution in [3.05, 3.63) is 22.0 Å². The third-order valence-corrected chi connectivity index (χ3v) is 5.82. The summed E-state index contributed by atoms with van der Waals surface area (Å²) >= 11 is 3.24. The van der Waals surface area contributed by atoms with E-state index in [0.29, 0.717) is 13.1 Å². The number of hydrogen-bond acceptors (Lipinski definition) is 4. The Morgan fingerprint density at radius 2 is 1.75 bits per heavy atom. The number of amides is 2. The molecule has 2 amide bonds. The van der Waals surface area contributed by atoms with Crippen LogP contribution < -0.4 is 5.32 Å². The summed E-state index contributed by atoms with van der Waals surface area (Å²) in [5, 5.41) is 3.06. The van der Waals surface area contributed by atoms with Gasteiger partial charge in [0.05, 0.1) is 15.3 Å². The average Bonchev–Trinajstić information content (AvgIpc) is 3.06. The van der Waals surface area contributed by atoms with Crippen molar-refractivity contribution >= 4 is 35.3 Å². The zero-order valence-electron chi connectivity index (χ0n) is 11.5. The van der Waals surface area contributed by atoms with Crippen molar-refractivity contribution in [1.29, 1.82) is 0 Å². The molecule has 0 aliphatic carbocycles. The van der Waals surface area contributed by atoms with Crippen molar-refractivity contribution in [2.45, 2.75) is 25.3 Å². The highest BCUT2D eigenvalue weighted by atomic mass is 32.2. The van der Waals surface area contributed by atoms with Crippen LogP contribution in [0.2, 0.25) is 0 Å². The first-order valence-corrected chi connectivity index (χ1v) is 8.82. The van der Waals surface area contributed by atoms with Crippen LogP contribution in [0, 0.1) is 0 Å². The van der Waals surface area contributed by atoms with Gasteiger partial charge in [0.1, 0.15) is 0 Å². The normalized spacial score (nSPS) is 23.9. The fraction of sp³-hybridized carbons (Fsp3) is 0.571. The van der Waals surface area contributed by atoms with Gasteiger partial charge in [-0.05, 0) is 19.8 Å². The van der Waals surface area contributed by atoms with Crippen molar-refractivity contribution in [2.75, 3.05) is 24.6 Å². The summed E-state index contributed by atoms with van der Waals surface area (Å²) in [6.45, 7) is 3.21. The molecule has 0 aromatic heterocycles. The lowest BCUT2D eigenvalue weighted by molar-refractivity contribution is -0.136. The Bertz CT molecular complexity index is 507. The smallest absolute Gasteiger partial charge is 0.260 e. The van der Waals surface area contributed by atoms with Crippen molar-refractivity contribution in [2.24, 2.45) is 0 Å². The predicted octanol–water partition coefficient (Wildman–Crippen LogP) is 1.75. The molecule has 108 valence electrons. The van der Waals surface area contributed by atoms with E-state index >= 15 is 0 Å². The van der Waals surface area contributed by atoms with E-state index in [9.17, 15) is 9.59 Å². The molecule has 0 unspecified atom stereocenters. The second kappa shape index (κ2) is 5.48. The van der Waals surface area contributed by atoms with Crippen LogP contribution in [0.15, 0.2) is 22.0 Å². The van der Waals surface area contributed by atoms with Gasteiger partial charge in [-0.15, -0.1) is 23.5 Å². The van der Waals surface area contributed by atoms with Crippen LogP contribution in [-0.4, -0.2) is 46.8 Å². The van der Waals surface area contributed by atoms with Gasteiger partial charge in [-0.1, -0.05) is 12.2 Å². The quantitative estimate of drug-likeness (QED) is 0.863. The molecule has 0 bridgehead atoms. The first-order valence-electron chi connectivity index (χ1n) is 6.85. The van der Waals surface area contributed by atoms with E-state index in [0.717, 1.165) is 34.2 Å².